The SMILES string of the molecule is CCc1ccc(-n2cc(-c3ccccc3)ccc2=O)cc1. The van der Waals surface area contributed by atoms with Gasteiger partial charge in [0, 0.05) is 18.0 Å². The van der Waals surface area contributed by atoms with E-state index >= 15 is 0 Å². The van der Waals surface area contributed by atoms with Crippen LogP contribution in [0.2, 0.25) is 0 Å². The summed E-state index contributed by atoms with van der Waals surface area (Å²) >= 11 is 0. The Hall–Kier alpha value is -2.61. The highest BCUT2D eigenvalue weighted by atomic mass is 16.1. The zero-order valence-corrected chi connectivity index (χ0v) is 12.0. The minimum atomic E-state index is -0.0149. The summed E-state index contributed by atoms with van der Waals surface area (Å²) in [6.45, 7) is 2.12. The van der Waals surface area contributed by atoms with E-state index in [-0.39, 0.29) is 5.56 Å². The second-order valence-electron chi connectivity index (χ2n) is 5.01. The number of aromatic nitrogens is 1. The Morgan fingerprint density at radius 2 is 1.52 bits per heavy atom. The van der Waals surface area contributed by atoms with E-state index in [1.807, 2.05) is 54.7 Å². The lowest BCUT2D eigenvalue weighted by Crippen LogP contribution is -2.16. The van der Waals surface area contributed by atoms with E-state index in [0.29, 0.717) is 0 Å². The summed E-state index contributed by atoms with van der Waals surface area (Å²) in [5.74, 6) is 0. The minimum absolute atomic E-state index is 0.0149. The van der Waals surface area contributed by atoms with Gasteiger partial charge in [0.05, 0.1) is 0 Å². The molecular formula is C19H17NO. The first kappa shape index (κ1) is 13.4. The standard InChI is InChI=1S/C19H17NO/c1-2-15-8-11-18(12-9-15)20-14-17(10-13-19(20)21)16-6-4-3-5-7-16/h3-14H,2H2,1H3. The van der Waals surface area contributed by atoms with Gasteiger partial charge < -0.3 is 0 Å². The molecule has 0 aliphatic carbocycles. The van der Waals surface area contributed by atoms with Crippen LogP contribution in [0.15, 0.2) is 77.7 Å². The molecule has 0 saturated carbocycles. The number of rotatable bonds is 3. The van der Waals surface area contributed by atoms with Crippen LogP contribution < -0.4 is 5.56 Å². The van der Waals surface area contributed by atoms with Crippen LogP contribution in [0.1, 0.15) is 12.5 Å². The van der Waals surface area contributed by atoms with Crippen molar-refractivity contribution in [3.63, 3.8) is 0 Å². The van der Waals surface area contributed by atoms with Crippen LogP contribution in [0, 0.1) is 0 Å². The van der Waals surface area contributed by atoms with Crippen LogP contribution in [-0.2, 0) is 6.42 Å². The van der Waals surface area contributed by atoms with Gasteiger partial charge in [0.25, 0.3) is 5.56 Å². The minimum Gasteiger partial charge on any atom is -0.284 e. The van der Waals surface area contributed by atoms with Gasteiger partial charge in [0.1, 0.15) is 0 Å². The Kier molecular flexibility index (Phi) is 3.69. The summed E-state index contributed by atoms with van der Waals surface area (Å²) in [4.78, 5) is 12.1. The molecule has 104 valence electrons. The molecule has 0 fully saturated rings. The fraction of sp³-hybridized carbons (Fsp3) is 0.105. The second kappa shape index (κ2) is 5.80. The third-order valence-corrected chi connectivity index (χ3v) is 3.64. The van der Waals surface area contributed by atoms with E-state index in [1.165, 1.54) is 5.56 Å². The Bertz CT molecular complexity index is 786. The lowest BCUT2D eigenvalue weighted by Gasteiger charge is -2.09. The Morgan fingerprint density at radius 3 is 2.19 bits per heavy atom. The maximum Gasteiger partial charge on any atom is 0.255 e. The predicted octanol–water partition coefficient (Wildman–Crippen LogP) is 4.07. The molecule has 1 heterocycles. The first-order valence-electron chi connectivity index (χ1n) is 7.15. The zero-order valence-electron chi connectivity index (χ0n) is 12.0. The van der Waals surface area contributed by atoms with Crippen molar-refractivity contribution in [1.29, 1.82) is 0 Å². The molecule has 21 heavy (non-hydrogen) atoms. The number of hydrogen-bond acceptors (Lipinski definition) is 1. The summed E-state index contributed by atoms with van der Waals surface area (Å²) in [5, 5.41) is 0. The van der Waals surface area contributed by atoms with E-state index in [4.69, 9.17) is 0 Å². The molecule has 3 rings (SSSR count). The molecule has 0 spiro atoms. The average Bonchev–Trinajstić information content (AvgIpc) is 2.56. The molecule has 0 unspecified atom stereocenters. The number of pyridine rings is 1. The predicted molar refractivity (Wildman–Crippen MR) is 86.9 cm³/mol. The highest BCUT2D eigenvalue weighted by Gasteiger charge is 2.03. The first-order valence-corrected chi connectivity index (χ1v) is 7.15. The van der Waals surface area contributed by atoms with Gasteiger partial charge in [0.15, 0.2) is 0 Å². The molecule has 0 bridgehead atoms. The highest BCUT2D eigenvalue weighted by Crippen LogP contribution is 2.18. The third-order valence-electron chi connectivity index (χ3n) is 3.64. The molecule has 0 aliphatic rings. The van der Waals surface area contributed by atoms with Gasteiger partial charge in [-0.1, -0.05) is 49.4 Å². The first-order chi connectivity index (χ1) is 10.3. The van der Waals surface area contributed by atoms with E-state index in [1.54, 1.807) is 10.6 Å². The van der Waals surface area contributed by atoms with E-state index in [2.05, 4.69) is 19.1 Å². The monoisotopic (exact) mass is 275 g/mol. The van der Waals surface area contributed by atoms with Crippen LogP contribution in [0.5, 0.6) is 0 Å². The van der Waals surface area contributed by atoms with Gasteiger partial charge in [-0.05, 0) is 41.3 Å². The number of aryl methyl sites for hydroxylation is 1. The molecule has 1 aromatic heterocycles. The molecule has 0 amide bonds. The largest absolute Gasteiger partial charge is 0.284 e. The zero-order chi connectivity index (χ0) is 14.7. The number of nitrogens with zero attached hydrogens (tertiary/aromatic N) is 1. The van der Waals surface area contributed by atoms with Crippen LogP contribution in [0.25, 0.3) is 16.8 Å². The molecule has 2 nitrogen and oxygen atoms in total. The van der Waals surface area contributed by atoms with Gasteiger partial charge in [-0.25, -0.2) is 0 Å². The Morgan fingerprint density at radius 1 is 0.810 bits per heavy atom. The molecule has 0 saturated heterocycles. The second-order valence-corrected chi connectivity index (χ2v) is 5.01. The van der Waals surface area contributed by atoms with Crippen molar-refractivity contribution in [3.05, 3.63) is 88.8 Å². The molecule has 0 N–H and O–H groups in total. The van der Waals surface area contributed by atoms with Crippen molar-refractivity contribution in [2.24, 2.45) is 0 Å². The van der Waals surface area contributed by atoms with Crippen molar-refractivity contribution in [1.82, 2.24) is 4.57 Å². The fourth-order valence-corrected chi connectivity index (χ4v) is 2.38. The molecule has 2 aromatic carbocycles. The van der Waals surface area contributed by atoms with E-state index in [0.717, 1.165) is 23.2 Å². The third kappa shape index (κ3) is 2.79. The topological polar surface area (TPSA) is 22.0 Å². The maximum absolute atomic E-state index is 12.1. The average molecular weight is 275 g/mol. The van der Waals surface area contributed by atoms with Crippen LogP contribution in [-0.4, -0.2) is 4.57 Å². The summed E-state index contributed by atoms with van der Waals surface area (Å²) in [7, 11) is 0. The van der Waals surface area contributed by atoms with Crippen LogP contribution in [0.4, 0.5) is 0 Å². The van der Waals surface area contributed by atoms with Crippen molar-refractivity contribution in [2.75, 3.05) is 0 Å². The number of hydrogen-bond donors (Lipinski definition) is 0. The Balaban J connectivity index is 2.07. The lowest BCUT2D eigenvalue weighted by molar-refractivity contribution is 0.988. The summed E-state index contributed by atoms with van der Waals surface area (Å²) in [5.41, 5.74) is 4.30. The van der Waals surface area contributed by atoms with Crippen LogP contribution >= 0.6 is 0 Å². The molecular weight excluding hydrogens is 258 g/mol. The quantitative estimate of drug-likeness (QED) is 0.706. The van der Waals surface area contributed by atoms with Gasteiger partial charge >= 0.3 is 0 Å². The van der Waals surface area contributed by atoms with Gasteiger partial charge in [-0.3, -0.25) is 9.36 Å². The molecule has 3 aromatic rings. The molecule has 0 aliphatic heterocycles. The van der Waals surface area contributed by atoms with Crippen LogP contribution in [0.3, 0.4) is 0 Å². The normalized spacial score (nSPS) is 10.5. The summed E-state index contributed by atoms with van der Waals surface area (Å²) < 4.78 is 1.70. The van der Waals surface area contributed by atoms with E-state index < -0.39 is 0 Å². The maximum atomic E-state index is 12.1. The lowest BCUT2D eigenvalue weighted by atomic mass is 10.1. The van der Waals surface area contributed by atoms with Gasteiger partial charge in [-0.15, -0.1) is 0 Å². The summed E-state index contributed by atoms with van der Waals surface area (Å²) in [6.07, 6.45) is 2.90. The van der Waals surface area contributed by atoms with Gasteiger partial charge in [0.2, 0.25) is 0 Å². The van der Waals surface area contributed by atoms with Crippen molar-refractivity contribution in [3.8, 4) is 16.8 Å². The fourth-order valence-electron chi connectivity index (χ4n) is 2.38. The smallest absolute Gasteiger partial charge is 0.255 e. The highest BCUT2D eigenvalue weighted by molar-refractivity contribution is 5.62. The molecule has 2 heteroatoms. The molecule has 0 atom stereocenters. The Labute approximate surface area is 124 Å². The van der Waals surface area contributed by atoms with Crippen molar-refractivity contribution in [2.45, 2.75) is 13.3 Å². The summed E-state index contributed by atoms with van der Waals surface area (Å²) in [6, 6.07) is 21.7. The van der Waals surface area contributed by atoms with Gasteiger partial charge in [-0.2, -0.15) is 0 Å². The van der Waals surface area contributed by atoms with Crippen molar-refractivity contribution >= 4 is 0 Å². The number of benzene rings is 2. The molecule has 0 radical (unpaired) electrons. The van der Waals surface area contributed by atoms with Crippen molar-refractivity contribution < 1.29 is 0 Å². The van der Waals surface area contributed by atoms with E-state index in [9.17, 15) is 4.79 Å².